The molecule has 1 aliphatic heterocycles. The van der Waals surface area contributed by atoms with Gasteiger partial charge in [-0.1, -0.05) is 0 Å². The Hall–Kier alpha value is -2.93. The molecule has 0 spiro atoms. The van der Waals surface area contributed by atoms with Crippen molar-refractivity contribution < 1.29 is 19.1 Å². The normalized spacial score (nSPS) is 14.0. The van der Waals surface area contributed by atoms with E-state index in [9.17, 15) is 9.59 Å². The number of hydrogen-bond acceptors (Lipinski definition) is 5. The van der Waals surface area contributed by atoms with Gasteiger partial charge in [0.15, 0.2) is 0 Å². The summed E-state index contributed by atoms with van der Waals surface area (Å²) < 4.78 is 10.3. The van der Waals surface area contributed by atoms with Crippen LogP contribution in [0.3, 0.4) is 0 Å². The van der Waals surface area contributed by atoms with Crippen LogP contribution in [0.25, 0.3) is 0 Å². The third-order valence-electron chi connectivity index (χ3n) is 3.89. The van der Waals surface area contributed by atoms with Gasteiger partial charge in [0.1, 0.15) is 5.75 Å². The van der Waals surface area contributed by atoms with Crippen LogP contribution in [-0.4, -0.2) is 55.1 Å². The Morgan fingerprint density at radius 1 is 1.12 bits per heavy atom. The van der Waals surface area contributed by atoms with Crippen molar-refractivity contribution in [2.45, 2.75) is 0 Å². The summed E-state index contributed by atoms with van der Waals surface area (Å²) in [4.78, 5) is 30.6. The Balaban J connectivity index is 1.71. The van der Waals surface area contributed by atoms with E-state index in [2.05, 4.69) is 10.3 Å². The fraction of sp³-hybridized carbons (Fsp3) is 0.278. The summed E-state index contributed by atoms with van der Waals surface area (Å²) in [6, 6.07) is 8.56. The summed E-state index contributed by atoms with van der Waals surface area (Å²) in [7, 11) is 1.58. The van der Waals surface area contributed by atoms with Crippen LogP contribution in [0.15, 0.2) is 42.7 Å². The number of nitrogens with one attached hydrogen (secondary N) is 1. The molecule has 2 amide bonds. The van der Waals surface area contributed by atoms with E-state index in [1.54, 1.807) is 42.3 Å². The number of amides is 2. The molecule has 0 atom stereocenters. The van der Waals surface area contributed by atoms with Gasteiger partial charge in [-0.05, 0) is 30.3 Å². The minimum Gasteiger partial charge on any atom is -0.497 e. The highest BCUT2D eigenvalue weighted by molar-refractivity contribution is 6.05. The molecule has 0 aliphatic carbocycles. The van der Waals surface area contributed by atoms with Crippen molar-refractivity contribution in [3.63, 3.8) is 0 Å². The van der Waals surface area contributed by atoms with E-state index in [1.807, 2.05) is 0 Å². The summed E-state index contributed by atoms with van der Waals surface area (Å²) in [6.45, 7) is 2.13. The maximum absolute atomic E-state index is 12.5. The van der Waals surface area contributed by atoms with Gasteiger partial charge in [0.25, 0.3) is 11.8 Å². The number of benzene rings is 1. The summed E-state index contributed by atoms with van der Waals surface area (Å²) in [5, 5.41) is 2.78. The van der Waals surface area contributed by atoms with Crippen LogP contribution in [0.2, 0.25) is 0 Å². The van der Waals surface area contributed by atoms with Gasteiger partial charge < -0.3 is 19.7 Å². The van der Waals surface area contributed by atoms with Crippen LogP contribution in [0.4, 0.5) is 5.69 Å². The predicted octanol–water partition coefficient (Wildman–Crippen LogP) is 1.81. The molecule has 2 aromatic rings. The number of carbonyl (C=O) groups is 2. The van der Waals surface area contributed by atoms with Gasteiger partial charge in [-0.2, -0.15) is 0 Å². The lowest BCUT2D eigenvalue weighted by molar-refractivity contribution is 0.0302. The molecule has 130 valence electrons. The lowest BCUT2D eigenvalue weighted by Gasteiger charge is -2.26. The first-order chi connectivity index (χ1) is 12.2. The van der Waals surface area contributed by atoms with E-state index >= 15 is 0 Å². The van der Waals surface area contributed by atoms with Gasteiger partial charge in [0.2, 0.25) is 0 Å². The van der Waals surface area contributed by atoms with Crippen LogP contribution in [0.5, 0.6) is 5.75 Å². The average molecular weight is 341 g/mol. The number of carbonyl (C=O) groups excluding carboxylic acids is 2. The Morgan fingerprint density at radius 3 is 2.48 bits per heavy atom. The lowest BCUT2D eigenvalue weighted by atomic mass is 10.1. The highest BCUT2D eigenvalue weighted by atomic mass is 16.5. The third-order valence-corrected chi connectivity index (χ3v) is 3.89. The number of aromatic nitrogens is 1. The number of anilines is 1. The Labute approximate surface area is 145 Å². The molecule has 1 saturated heterocycles. The largest absolute Gasteiger partial charge is 0.497 e. The van der Waals surface area contributed by atoms with Crippen molar-refractivity contribution in [1.29, 1.82) is 0 Å². The molecule has 0 bridgehead atoms. The lowest BCUT2D eigenvalue weighted by Crippen LogP contribution is -2.40. The SMILES string of the molecule is COc1ccc(NC(=O)c2cncc(C(=O)N3CCOCC3)c2)cc1. The molecule has 1 N–H and O–H groups in total. The van der Waals surface area contributed by atoms with Crippen molar-refractivity contribution in [2.24, 2.45) is 0 Å². The molecule has 1 fully saturated rings. The van der Waals surface area contributed by atoms with Gasteiger partial charge >= 0.3 is 0 Å². The van der Waals surface area contributed by atoms with E-state index < -0.39 is 0 Å². The first-order valence-corrected chi connectivity index (χ1v) is 7.95. The molecular formula is C18H19N3O4. The molecule has 1 aromatic heterocycles. The summed E-state index contributed by atoms with van der Waals surface area (Å²) in [5.74, 6) is 0.238. The zero-order valence-electron chi connectivity index (χ0n) is 13.9. The van der Waals surface area contributed by atoms with Crippen molar-refractivity contribution in [1.82, 2.24) is 9.88 Å². The molecular weight excluding hydrogens is 322 g/mol. The number of rotatable bonds is 4. The summed E-state index contributed by atoms with van der Waals surface area (Å²) in [6.07, 6.45) is 2.91. The first-order valence-electron chi connectivity index (χ1n) is 7.95. The van der Waals surface area contributed by atoms with Crippen LogP contribution in [0, 0.1) is 0 Å². The molecule has 1 aromatic carbocycles. The Morgan fingerprint density at radius 2 is 1.80 bits per heavy atom. The van der Waals surface area contributed by atoms with Crippen LogP contribution in [-0.2, 0) is 4.74 Å². The maximum Gasteiger partial charge on any atom is 0.257 e. The fourth-order valence-corrected chi connectivity index (χ4v) is 2.51. The van der Waals surface area contributed by atoms with Gasteiger partial charge in [-0.15, -0.1) is 0 Å². The quantitative estimate of drug-likeness (QED) is 0.917. The van der Waals surface area contributed by atoms with Crippen molar-refractivity contribution in [3.05, 3.63) is 53.9 Å². The zero-order chi connectivity index (χ0) is 17.6. The monoisotopic (exact) mass is 341 g/mol. The van der Waals surface area contributed by atoms with E-state index in [0.29, 0.717) is 48.9 Å². The predicted molar refractivity (Wildman–Crippen MR) is 91.9 cm³/mol. The number of morpholine rings is 1. The number of hydrogen-bond donors (Lipinski definition) is 1. The Kier molecular flexibility index (Phi) is 5.25. The van der Waals surface area contributed by atoms with Gasteiger partial charge in [0, 0.05) is 31.2 Å². The van der Waals surface area contributed by atoms with Crippen molar-refractivity contribution >= 4 is 17.5 Å². The van der Waals surface area contributed by atoms with Crippen molar-refractivity contribution in [2.75, 3.05) is 38.7 Å². The van der Waals surface area contributed by atoms with Crippen molar-refractivity contribution in [3.8, 4) is 5.75 Å². The molecule has 25 heavy (non-hydrogen) atoms. The fourth-order valence-electron chi connectivity index (χ4n) is 2.51. The second-order valence-electron chi connectivity index (χ2n) is 5.55. The number of methoxy groups -OCH3 is 1. The summed E-state index contributed by atoms with van der Waals surface area (Å²) in [5.41, 5.74) is 1.36. The first kappa shape index (κ1) is 16.9. The molecule has 3 rings (SSSR count). The average Bonchev–Trinajstić information content (AvgIpc) is 2.68. The molecule has 2 heterocycles. The highest BCUT2D eigenvalue weighted by Crippen LogP contribution is 2.16. The second-order valence-corrected chi connectivity index (χ2v) is 5.55. The topological polar surface area (TPSA) is 80.8 Å². The van der Waals surface area contributed by atoms with E-state index in [0.717, 1.165) is 0 Å². The van der Waals surface area contributed by atoms with E-state index in [4.69, 9.17) is 9.47 Å². The molecule has 0 saturated carbocycles. The molecule has 0 radical (unpaired) electrons. The number of ether oxygens (including phenoxy) is 2. The zero-order valence-corrected chi connectivity index (χ0v) is 13.9. The minimum atomic E-state index is -0.325. The molecule has 0 unspecified atom stereocenters. The molecule has 7 nitrogen and oxygen atoms in total. The maximum atomic E-state index is 12.5. The van der Waals surface area contributed by atoms with Crippen LogP contribution < -0.4 is 10.1 Å². The molecule has 1 aliphatic rings. The second kappa shape index (κ2) is 7.76. The smallest absolute Gasteiger partial charge is 0.257 e. The van der Waals surface area contributed by atoms with Crippen LogP contribution >= 0.6 is 0 Å². The third kappa shape index (κ3) is 4.13. The highest BCUT2D eigenvalue weighted by Gasteiger charge is 2.20. The molecule has 7 heteroatoms. The number of pyridine rings is 1. The van der Waals surface area contributed by atoms with Gasteiger partial charge in [-0.25, -0.2) is 0 Å². The minimum absolute atomic E-state index is 0.144. The standard InChI is InChI=1S/C18H19N3O4/c1-24-16-4-2-15(3-5-16)20-17(22)13-10-14(12-19-11-13)18(23)21-6-8-25-9-7-21/h2-5,10-12H,6-9H2,1H3,(H,20,22). The Bertz CT molecular complexity index is 755. The van der Waals surface area contributed by atoms with E-state index in [1.165, 1.54) is 12.4 Å². The van der Waals surface area contributed by atoms with E-state index in [-0.39, 0.29) is 11.8 Å². The van der Waals surface area contributed by atoms with Gasteiger partial charge in [-0.3, -0.25) is 14.6 Å². The van der Waals surface area contributed by atoms with Gasteiger partial charge in [0.05, 0.1) is 31.5 Å². The van der Waals surface area contributed by atoms with Crippen LogP contribution in [0.1, 0.15) is 20.7 Å². The summed E-state index contributed by atoms with van der Waals surface area (Å²) >= 11 is 0. The number of nitrogens with zero attached hydrogens (tertiary/aromatic N) is 2.